The molecule has 1 heterocycles. The first-order chi connectivity index (χ1) is 9.81. The predicted molar refractivity (Wildman–Crippen MR) is 84.2 cm³/mol. The number of aromatic nitrogens is 1. The Bertz CT molecular complexity index is 706. The number of benzene rings is 2. The minimum atomic E-state index is 0.0936. The summed E-state index contributed by atoms with van der Waals surface area (Å²) in [5, 5.41) is 13.0. The van der Waals surface area contributed by atoms with E-state index in [0.717, 1.165) is 28.4 Å². The van der Waals surface area contributed by atoms with Gasteiger partial charge in [0.15, 0.2) is 0 Å². The van der Waals surface area contributed by atoms with E-state index in [2.05, 4.69) is 54.4 Å². The molecule has 3 heteroatoms. The fourth-order valence-corrected chi connectivity index (χ4v) is 3.56. The Labute approximate surface area is 122 Å². The Kier molecular flexibility index (Phi) is 3.81. The minimum Gasteiger partial charge on any atom is -0.391 e. The first-order valence-corrected chi connectivity index (χ1v) is 7.68. The van der Waals surface area contributed by atoms with Gasteiger partial charge in [-0.2, -0.15) is 0 Å². The lowest BCUT2D eigenvalue weighted by Crippen LogP contribution is -1.91. The fraction of sp³-hybridized carbons (Fsp3) is 0.235. The Balaban J connectivity index is 1.99. The molecule has 0 spiro atoms. The lowest BCUT2D eigenvalue weighted by Gasteiger charge is -2.04. The highest BCUT2D eigenvalue weighted by molar-refractivity contribution is 7.11. The van der Waals surface area contributed by atoms with Gasteiger partial charge in [-0.15, -0.1) is 11.3 Å². The smallest absolute Gasteiger partial charge is 0.0976 e. The summed E-state index contributed by atoms with van der Waals surface area (Å²) in [7, 11) is 0. The van der Waals surface area contributed by atoms with Gasteiger partial charge in [-0.3, -0.25) is 0 Å². The second-order valence-electron chi connectivity index (χ2n) is 4.80. The summed E-state index contributed by atoms with van der Waals surface area (Å²) in [6.07, 6.45) is 1.71. The molecule has 0 bridgehead atoms. The summed E-state index contributed by atoms with van der Waals surface area (Å²) in [5.41, 5.74) is 2.33. The van der Waals surface area contributed by atoms with Crippen LogP contribution in [0.25, 0.3) is 10.8 Å². The van der Waals surface area contributed by atoms with Crippen LogP contribution in [0.2, 0.25) is 0 Å². The van der Waals surface area contributed by atoms with Crippen LogP contribution in [0.15, 0.2) is 42.5 Å². The van der Waals surface area contributed by atoms with Gasteiger partial charge in [0.2, 0.25) is 0 Å². The van der Waals surface area contributed by atoms with Crippen LogP contribution in [0.1, 0.15) is 28.1 Å². The van der Waals surface area contributed by atoms with Crippen LogP contribution >= 0.6 is 11.3 Å². The molecule has 0 saturated heterocycles. The molecule has 1 N–H and O–H groups in total. The van der Waals surface area contributed by atoms with E-state index in [9.17, 15) is 5.11 Å². The number of aliphatic hydroxyl groups is 1. The predicted octanol–water partition coefficient (Wildman–Crippen LogP) is 3.94. The second kappa shape index (κ2) is 5.73. The van der Waals surface area contributed by atoms with E-state index in [1.54, 1.807) is 11.3 Å². The molecule has 20 heavy (non-hydrogen) atoms. The molecule has 102 valence electrons. The first kappa shape index (κ1) is 13.3. The zero-order valence-corrected chi connectivity index (χ0v) is 12.3. The zero-order valence-electron chi connectivity index (χ0n) is 11.5. The molecule has 0 aliphatic heterocycles. The molecule has 0 unspecified atom stereocenters. The third kappa shape index (κ3) is 2.47. The van der Waals surface area contributed by atoms with Crippen molar-refractivity contribution in [3.05, 3.63) is 63.6 Å². The molecule has 2 aromatic carbocycles. The number of aliphatic hydroxyl groups excluding tert-OH is 1. The van der Waals surface area contributed by atoms with Crippen LogP contribution in [0.5, 0.6) is 0 Å². The summed E-state index contributed by atoms with van der Waals surface area (Å²) in [4.78, 5) is 5.66. The Morgan fingerprint density at radius 3 is 2.65 bits per heavy atom. The first-order valence-electron chi connectivity index (χ1n) is 6.86. The molecule has 0 amide bonds. The molecule has 0 fully saturated rings. The van der Waals surface area contributed by atoms with Crippen LogP contribution < -0.4 is 0 Å². The van der Waals surface area contributed by atoms with E-state index in [1.165, 1.54) is 16.3 Å². The Morgan fingerprint density at radius 1 is 1.10 bits per heavy atom. The van der Waals surface area contributed by atoms with Gasteiger partial charge in [-0.1, -0.05) is 49.4 Å². The summed E-state index contributed by atoms with van der Waals surface area (Å²) >= 11 is 1.63. The minimum absolute atomic E-state index is 0.0936. The van der Waals surface area contributed by atoms with Gasteiger partial charge in [0.05, 0.1) is 22.2 Å². The summed E-state index contributed by atoms with van der Waals surface area (Å²) in [6.45, 7) is 2.17. The molecular formula is C17H17NOS. The molecule has 0 saturated carbocycles. The van der Waals surface area contributed by atoms with Crippen molar-refractivity contribution < 1.29 is 5.11 Å². The monoisotopic (exact) mass is 283 g/mol. The van der Waals surface area contributed by atoms with Gasteiger partial charge in [0, 0.05) is 6.42 Å². The quantitative estimate of drug-likeness (QED) is 0.786. The molecule has 3 rings (SSSR count). The number of nitrogens with zero attached hydrogens (tertiary/aromatic N) is 1. The third-order valence-electron chi connectivity index (χ3n) is 3.52. The van der Waals surface area contributed by atoms with Crippen molar-refractivity contribution in [2.75, 3.05) is 0 Å². The summed E-state index contributed by atoms with van der Waals surface area (Å²) in [6, 6.07) is 14.8. The van der Waals surface area contributed by atoms with Crippen molar-refractivity contribution in [3.63, 3.8) is 0 Å². The number of thiazole rings is 1. The lowest BCUT2D eigenvalue weighted by molar-refractivity contribution is 0.284. The third-order valence-corrected chi connectivity index (χ3v) is 4.61. The van der Waals surface area contributed by atoms with Crippen LogP contribution in [-0.2, 0) is 19.4 Å². The van der Waals surface area contributed by atoms with Crippen molar-refractivity contribution >= 4 is 22.1 Å². The molecule has 1 aromatic heterocycles. The topological polar surface area (TPSA) is 33.1 Å². The number of hydrogen-bond acceptors (Lipinski definition) is 3. The maximum atomic E-state index is 9.37. The number of rotatable bonds is 4. The standard InChI is InChI=1S/C17H17NOS/c1-2-15-16(11-19)20-17(18-15)10-13-8-5-7-12-6-3-4-9-14(12)13/h3-9,19H,2,10-11H2,1H3. The van der Waals surface area contributed by atoms with E-state index in [4.69, 9.17) is 0 Å². The highest BCUT2D eigenvalue weighted by Gasteiger charge is 2.10. The summed E-state index contributed by atoms with van der Waals surface area (Å²) < 4.78 is 0. The highest BCUT2D eigenvalue weighted by atomic mass is 32.1. The van der Waals surface area contributed by atoms with Gasteiger partial charge >= 0.3 is 0 Å². The van der Waals surface area contributed by atoms with Crippen LogP contribution in [-0.4, -0.2) is 10.1 Å². The molecule has 0 radical (unpaired) electrons. The van der Waals surface area contributed by atoms with Crippen LogP contribution in [0, 0.1) is 0 Å². The zero-order chi connectivity index (χ0) is 13.9. The maximum absolute atomic E-state index is 9.37. The van der Waals surface area contributed by atoms with E-state index in [1.807, 2.05) is 0 Å². The van der Waals surface area contributed by atoms with Crippen molar-refractivity contribution in [2.24, 2.45) is 0 Å². The van der Waals surface area contributed by atoms with E-state index < -0.39 is 0 Å². The van der Waals surface area contributed by atoms with Crippen molar-refractivity contribution in [2.45, 2.75) is 26.4 Å². The Hall–Kier alpha value is -1.71. The fourth-order valence-electron chi connectivity index (χ4n) is 2.52. The normalized spacial score (nSPS) is 11.1. The van der Waals surface area contributed by atoms with E-state index >= 15 is 0 Å². The molecule has 3 aromatic rings. The van der Waals surface area contributed by atoms with Gasteiger partial charge in [-0.05, 0) is 22.8 Å². The van der Waals surface area contributed by atoms with Gasteiger partial charge < -0.3 is 5.11 Å². The summed E-state index contributed by atoms with van der Waals surface area (Å²) in [5.74, 6) is 0. The number of fused-ring (bicyclic) bond motifs is 1. The Morgan fingerprint density at radius 2 is 1.90 bits per heavy atom. The van der Waals surface area contributed by atoms with Crippen molar-refractivity contribution in [1.82, 2.24) is 4.98 Å². The van der Waals surface area contributed by atoms with Crippen molar-refractivity contribution in [3.8, 4) is 0 Å². The lowest BCUT2D eigenvalue weighted by atomic mass is 10.0. The van der Waals surface area contributed by atoms with Gasteiger partial charge in [0.1, 0.15) is 0 Å². The molecule has 0 aliphatic carbocycles. The van der Waals surface area contributed by atoms with Gasteiger partial charge in [0.25, 0.3) is 0 Å². The van der Waals surface area contributed by atoms with E-state index in [-0.39, 0.29) is 6.61 Å². The van der Waals surface area contributed by atoms with Crippen molar-refractivity contribution in [1.29, 1.82) is 0 Å². The SMILES string of the molecule is CCc1nc(Cc2cccc3ccccc23)sc1CO. The average molecular weight is 283 g/mol. The van der Waals surface area contributed by atoms with Crippen LogP contribution in [0.4, 0.5) is 0 Å². The average Bonchev–Trinajstić information content (AvgIpc) is 2.90. The second-order valence-corrected chi connectivity index (χ2v) is 5.97. The van der Waals surface area contributed by atoms with Crippen LogP contribution in [0.3, 0.4) is 0 Å². The van der Waals surface area contributed by atoms with E-state index in [0.29, 0.717) is 0 Å². The molecule has 0 aliphatic rings. The molecular weight excluding hydrogens is 266 g/mol. The van der Waals surface area contributed by atoms with Gasteiger partial charge in [-0.25, -0.2) is 4.98 Å². The number of hydrogen-bond donors (Lipinski definition) is 1. The largest absolute Gasteiger partial charge is 0.391 e. The molecule has 0 atom stereocenters. The maximum Gasteiger partial charge on any atom is 0.0976 e. The molecule has 2 nitrogen and oxygen atoms in total. The highest BCUT2D eigenvalue weighted by Crippen LogP contribution is 2.25. The number of aryl methyl sites for hydroxylation is 1.